The fraction of sp³-hybridized carbons (Fsp3) is 0.769. The first-order chi connectivity index (χ1) is 7.84. The molecule has 0 saturated heterocycles. The van der Waals surface area contributed by atoms with Crippen LogP contribution < -0.4 is 5.32 Å². The Hall–Kier alpha value is -0.870. The van der Waals surface area contributed by atoms with Crippen molar-refractivity contribution in [1.29, 1.82) is 0 Å². The molecule has 1 aromatic rings. The molecule has 0 amide bonds. The smallest absolute Gasteiger partial charge is 0.0662 e. The molecule has 0 fully saturated rings. The molecule has 0 aromatic carbocycles. The zero-order chi connectivity index (χ0) is 13.1. The Balaban J connectivity index is 2.75. The van der Waals surface area contributed by atoms with Crippen molar-refractivity contribution in [3.05, 3.63) is 18.0 Å². The Labute approximate surface area is 104 Å². The van der Waals surface area contributed by atoms with Gasteiger partial charge in [-0.15, -0.1) is 0 Å². The molecule has 0 unspecified atom stereocenters. The van der Waals surface area contributed by atoms with Crippen LogP contribution in [0.15, 0.2) is 12.4 Å². The molecule has 0 aliphatic carbocycles. The summed E-state index contributed by atoms with van der Waals surface area (Å²) < 4.78 is 1.81. The number of aryl methyl sites for hydroxylation is 1. The fourth-order valence-electron chi connectivity index (χ4n) is 1.91. The van der Waals surface area contributed by atoms with E-state index < -0.39 is 0 Å². The molecule has 0 saturated carbocycles. The third-order valence-corrected chi connectivity index (χ3v) is 2.95. The Morgan fingerprint density at radius 1 is 1.47 bits per heavy atom. The van der Waals surface area contributed by atoms with Crippen molar-refractivity contribution in [3.63, 3.8) is 0 Å². The second kappa shape index (κ2) is 5.65. The van der Waals surface area contributed by atoms with Crippen molar-refractivity contribution >= 4 is 0 Å². The minimum Gasteiger partial charge on any atom is -0.392 e. The number of nitrogens with zero attached hydrogens (tertiary/aromatic N) is 2. The van der Waals surface area contributed by atoms with Crippen LogP contribution in [0.3, 0.4) is 0 Å². The third-order valence-electron chi connectivity index (χ3n) is 2.95. The van der Waals surface area contributed by atoms with Crippen LogP contribution >= 0.6 is 0 Å². The summed E-state index contributed by atoms with van der Waals surface area (Å²) in [4.78, 5) is 0. The lowest BCUT2D eigenvalue weighted by Crippen LogP contribution is -2.36. The van der Waals surface area contributed by atoms with Crippen LogP contribution in [0, 0.1) is 5.41 Å². The third kappa shape index (κ3) is 4.13. The Morgan fingerprint density at radius 3 is 2.53 bits per heavy atom. The molecule has 4 nitrogen and oxygen atoms in total. The molecule has 1 heterocycles. The van der Waals surface area contributed by atoms with E-state index in [0.29, 0.717) is 6.54 Å². The average molecular weight is 239 g/mol. The monoisotopic (exact) mass is 239 g/mol. The van der Waals surface area contributed by atoms with Gasteiger partial charge in [0.2, 0.25) is 0 Å². The Kier molecular flexibility index (Phi) is 4.71. The highest BCUT2D eigenvalue weighted by Gasteiger charge is 2.27. The molecule has 1 aromatic heterocycles. The summed E-state index contributed by atoms with van der Waals surface area (Å²) in [6.45, 7) is 9.18. The molecule has 4 heteroatoms. The van der Waals surface area contributed by atoms with Gasteiger partial charge in [-0.2, -0.15) is 5.10 Å². The van der Waals surface area contributed by atoms with E-state index in [-0.39, 0.29) is 17.6 Å². The summed E-state index contributed by atoms with van der Waals surface area (Å²) in [5.74, 6) is 0. The largest absolute Gasteiger partial charge is 0.392 e. The molecular formula is C13H25N3O. The highest BCUT2D eigenvalue weighted by Crippen LogP contribution is 2.32. The molecule has 98 valence electrons. The van der Waals surface area contributed by atoms with Gasteiger partial charge in [0.25, 0.3) is 0 Å². The predicted octanol–water partition coefficient (Wildman–Crippen LogP) is 1.87. The standard InChI is InChI=1S/C13H25N3O/c1-6-11(17)8-14-12(13(2,3)4)10-7-15-16(5)9-10/h7,9,11-12,14,17H,6,8H2,1-5H3/t11-,12-/m0/s1. The highest BCUT2D eigenvalue weighted by atomic mass is 16.3. The first kappa shape index (κ1) is 14.2. The number of rotatable bonds is 5. The summed E-state index contributed by atoms with van der Waals surface area (Å²) in [6.07, 6.45) is 4.41. The van der Waals surface area contributed by atoms with Gasteiger partial charge >= 0.3 is 0 Å². The van der Waals surface area contributed by atoms with E-state index >= 15 is 0 Å². The van der Waals surface area contributed by atoms with E-state index in [1.807, 2.05) is 31.0 Å². The molecule has 2 atom stereocenters. The van der Waals surface area contributed by atoms with Crippen LogP contribution in [-0.2, 0) is 7.05 Å². The second-order valence-corrected chi connectivity index (χ2v) is 5.72. The molecule has 17 heavy (non-hydrogen) atoms. The number of hydrogen-bond acceptors (Lipinski definition) is 3. The maximum Gasteiger partial charge on any atom is 0.0662 e. The van der Waals surface area contributed by atoms with Gasteiger partial charge in [-0.25, -0.2) is 0 Å². The lowest BCUT2D eigenvalue weighted by molar-refractivity contribution is 0.149. The van der Waals surface area contributed by atoms with Crippen LogP contribution in [0.1, 0.15) is 45.7 Å². The highest BCUT2D eigenvalue weighted by molar-refractivity contribution is 5.13. The molecule has 0 spiro atoms. The van der Waals surface area contributed by atoms with Crippen molar-refractivity contribution in [2.45, 2.75) is 46.3 Å². The van der Waals surface area contributed by atoms with Crippen LogP contribution in [0.2, 0.25) is 0 Å². The second-order valence-electron chi connectivity index (χ2n) is 5.72. The molecule has 1 rings (SSSR count). The SMILES string of the molecule is CC[C@H](O)CN[C@@H](c1cnn(C)c1)C(C)(C)C. The minimum atomic E-state index is -0.281. The number of nitrogens with one attached hydrogen (secondary N) is 1. The summed E-state index contributed by atoms with van der Waals surface area (Å²) in [5.41, 5.74) is 1.26. The van der Waals surface area contributed by atoms with E-state index in [1.165, 1.54) is 5.56 Å². The van der Waals surface area contributed by atoms with Crippen LogP contribution in [0.25, 0.3) is 0 Å². The van der Waals surface area contributed by atoms with Gasteiger partial charge in [0.15, 0.2) is 0 Å². The van der Waals surface area contributed by atoms with E-state index in [4.69, 9.17) is 0 Å². The number of aliphatic hydroxyl groups excluding tert-OH is 1. The van der Waals surface area contributed by atoms with E-state index in [9.17, 15) is 5.11 Å². The summed E-state index contributed by atoms with van der Waals surface area (Å²) in [7, 11) is 1.92. The average Bonchev–Trinajstić information content (AvgIpc) is 2.62. The Morgan fingerprint density at radius 2 is 2.12 bits per heavy atom. The van der Waals surface area contributed by atoms with Gasteiger partial charge in [-0.1, -0.05) is 27.7 Å². The van der Waals surface area contributed by atoms with Gasteiger partial charge in [-0.05, 0) is 11.8 Å². The van der Waals surface area contributed by atoms with Gasteiger partial charge < -0.3 is 10.4 Å². The number of aliphatic hydroxyl groups is 1. The fourth-order valence-corrected chi connectivity index (χ4v) is 1.91. The lowest BCUT2D eigenvalue weighted by Gasteiger charge is -2.31. The minimum absolute atomic E-state index is 0.0937. The summed E-state index contributed by atoms with van der Waals surface area (Å²) in [5, 5.41) is 17.3. The van der Waals surface area contributed by atoms with Gasteiger partial charge in [0.1, 0.15) is 0 Å². The summed E-state index contributed by atoms with van der Waals surface area (Å²) in [6, 6.07) is 0.206. The lowest BCUT2D eigenvalue weighted by atomic mass is 9.83. The zero-order valence-electron chi connectivity index (χ0n) is 11.6. The molecular weight excluding hydrogens is 214 g/mol. The van der Waals surface area contributed by atoms with Crippen molar-refractivity contribution in [1.82, 2.24) is 15.1 Å². The van der Waals surface area contributed by atoms with Gasteiger partial charge in [0.05, 0.1) is 12.3 Å². The summed E-state index contributed by atoms with van der Waals surface area (Å²) >= 11 is 0. The van der Waals surface area contributed by atoms with E-state index in [2.05, 4.69) is 31.2 Å². The topological polar surface area (TPSA) is 50.1 Å². The number of hydrogen-bond donors (Lipinski definition) is 2. The molecule has 2 N–H and O–H groups in total. The quantitative estimate of drug-likeness (QED) is 0.824. The maximum absolute atomic E-state index is 9.64. The number of aromatic nitrogens is 2. The van der Waals surface area contributed by atoms with Crippen molar-refractivity contribution in [2.75, 3.05) is 6.54 Å². The first-order valence-electron chi connectivity index (χ1n) is 6.24. The predicted molar refractivity (Wildman–Crippen MR) is 69.7 cm³/mol. The van der Waals surface area contributed by atoms with Crippen molar-refractivity contribution in [2.24, 2.45) is 12.5 Å². The van der Waals surface area contributed by atoms with Gasteiger partial charge in [-0.3, -0.25) is 4.68 Å². The first-order valence-corrected chi connectivity index (χ1v) is 6.24. The Bertz CT molecular complexity index is 341. The molecule has 0 radical (unpaired) electrons. The van der Waals surface area contributed by atoms with Crippen LogP contribution in [0.5, 0.6) is 0 Å². The maximum atomic E-state index is 9.64. The molecule has 0 aliphatic rings. The molecule has 0 aliphatic heterocycles. The van der Waals surface area contributed by atoms with E-state index in [0.717, 1.165) is 6.42 Å². The van der Waals surface area contributed by atoms with Crippen LogP contribution in [-0.4, -0.2) is 27.5 Å². The van der Waals surface area contributed by atoms with Crippen molar-refractivity contribution < 1.29 is 5.11 Å². The van der Waals surface area contributed by atoms with Crippen LogP contribution in [0.4, 0.5) is 0 Å². The van der Waals surface area contributed by atoms with E-state index in [1.54, 1.807) is 0 Å². The van der Waals surface area contributed by atoms with Crippen molar-refractivity contribution in [3.8, 4) is 0 Å². The van der Waals surface area contributed by atoms with Gasteiger partial charge in [0, 0.05) is 31.4 Å². The molecule has 0 bridgehead atoms. The normalized spacial score (nSPS) is 15.9. The zero-order valence-corrected chi connectivity index (χ0v) is 11.6.